The number of nitrogens with one attached hydrogen (secondary N) is 2. The lowest BCUT2D eigenvalue weighted by molar-refractivity contribution is -0.140. The molecular formula is C42H53F2N4O9P. The van der Waals surface area contributed by atoms with Crippen molar-refractivity contribution in [2.75, 3.05) is 20.3 Å². The molecule has 2 aromatic carbocycles. The lowest BCUT2D eigenvalue weighted by Crippen LogP contribution is -2.55. The highest BCUT2D eigenvalue weighted by molar-refractivity contribution is 7.59. The molecule has 314 valence electrons. The number of carbonyl (C=O) groups excluding carboxylic acids is 3. The first-order valence-electron chi connectivity index (χ1n) is 20.5. The van der Waals surface area contributed by atoms with Crippen LogP contribution in [-0.2, 0) is 25.1 Å². The quantitative estimate of drug-likeness (QED) is 0.176. The van der Waals surface area contributed by atoms with Gasteiger partial charge in [-0.2, -0.15) is 0 Å². The normalized spacial score (nSPS) is 26.7. The molecule has 2 aliphatic heterocycles. The second-order valence-electron chi connectivity index (χ2n) is 16.0. The van der Waals surface area contributed by atoms with Gasteiger partial charge in [0.2, 0.25) is 25.1 Å². The molecule has 1 aromatic heterocycles. The Hall–Kier alpha value is -4.49. The van der Waals surface area contributed by atoms with Gasteiger partial charge in [0, 0.05) is 29.5 Å². The average Bonchev–Trinajstić information content (AvgIpc) is 3.46. The summed E-state index contributed by atoms with van der Waals surface area (Å²) in [4.78, 5) is 60.2. The summed E-state index contributed by atoms with van der Waals surface area (Å²) in [6, 6.07) is 8.01. The molecule has 13 nitrogen and oxygen atoms in total. The molecule has 6 atom stereocenters. The highest BCUT2D eigenvalue weighted by Crippen LogP contribution is 2.71. The van der Waals surface area contributed by atoms with Gasteiger partial charge in [0.15, 0.2) is 0 Å². The number of hydrogen-bond acceptors (Lipinski definition) is 9. The van der Waals surface area contributed by atoms with Crippen molar-refractivity contribution >= 4 is 36.2 Å². The summed E-state index contributed by atoms with van der Waals surface area (Å²) in [6.45, 7) is 2.12. The molecule has 3 aromatic rings. The summed E-state index contributed by atoms with van der Waals surface area (Å²) in [6.07, 6.45) is 5.69. The van der Waals surface area contributed by atoms with Gasteiger partial charge < -0.3 is 39.4 Å². The molecule has 2 aliphatic carbocycles. The molecule has 4 aliphatic rings. The lowest BCUT2D eigenvalue weighted by Gasteiger charge is -2.31. The topological polar surface area (TPSA) is 166 Å². The number of carbonyl (C=O) groups is 3. The molecule has 3 amide bonds. The Morgan fingerprint density at radius 2 is 1.71 bits per heavy atom. The van der Waals surface area contributed by atoms with Gasteiger partial charge in [0.1, 0.15) is 52.7 Å². The molecule has 0 bridgehead atoms. The van der Waals surface area contributed by atoms with E-state index in [2.05, 4.69) is 15.6 Å². The Kier molecular flexibility index (Phi) is 12.8. The fraction of sp³-hybridized carbons (Fsp3) is 0.571. The van der Waals surface area contributed by atoms with Crippen molar-refractivity contribution in [1.82, 2.24) is 20.5 Å². The third-order valence-corrected chi connectivity index (χ3v) is 14.7. The van der Waals surface area contributed by atoms with Crippen LogP contribution in [0.4, 0.5) is 13.6 Å². The van der Waals surface area contributed by atoms with Crippen molar-refractivity contribution in [3.63, 3.8) is 0 Å². The van der Waals surface area contributed by atoms with Gasteiger partial charge in [0.25, 0.3) is 0 Å². The van der Waals surface area contributed by atoms with Crippen LogP contribution in [0.2, 0.25) is 0 Å². The largest absolute Gasteiger partial charge is 0.497 e. The van der Waals surface area contributed by atoms with Gasteiger partial charge >= 0.3 is 6.09 Å². The smallest absolute Gasteiger partial charge is 0.408 e. The molecule has 7 rings (SSSR count). The van der Waals surface area contributed by atoms with E-state index >= 15 is 0 Å². The minimum absolute atomic E-state index is 0.000822. The number of benzene rings is 2. The predicted octanol–water partition coefficient (Wildman–Crippen LogP) is 7.35. The number of ether oxygens (including phenoxy) is 4. The zero-order chi connectivity index (χ0) is 41.0. The van der Waals surface area contributed by atoms with E-state index in [-0.39, 0.29) is 25.5 Å². The first-order chi connectivity index (χ1) is 27.9. The second kappa shape index (κ2) is 17.8. The number of halogens is 2. The summed E-state index contributed by atoms with van der Waals surface area (Å²) in [5.41, 5.74) is 0.0235. The molecule has 3 N–H and O–H groups in total. The summed E-state index contributed by atoms with van der Waals surface area (Å²) in [5.74, 6) is -2.23. The molecule has 2 saturated carbocycles. The summed E-state index contributed by atoms with van der Waals surface area (Å²) in [5, 5.41) is 4.68. The number of alkyl carbamates (subject to hydrolysis) is 1. The van der Waals surface area contributed by atoms with Crippen molar-refractivity contribution in [3.8, 4) is 17.4 Å². The van der Waals surface area contributed by atoms with Crippen LogP contribution in [0.1, 0.15) is 96.0 Å². The van der Waals surface area contributed by atoms with Crippen molar-refractivity contribution < 1.29 is 51.6 Å². The Morgan fingerprint density at radius 3 is 2.43 bits per heavy atom. The Bertz CT molecular complexity index is 2030. The van der Waals surface area contributed by atoms with E-state index in [0.29, 0.717) is 60.6 Å². The van der Waals surface area contributed by atoms with E-state index in [1.54, 1.807) is 31.4 Å². The van der Waals surface area contributed by atoms with E-state index in [1.807, 2.05) is 6.92 Å². The monoisotopic (exact) mass is 826 g/mol. The number of fused-ring (bicyclic) bond motifs is 3. The van der Waals surface area contributed by atoms with E-state index in [4.69, 9.17) is 18.9 Å². The van der Waals surface area contributed by atoms with Crippen molar-refractivity contribution in [3.05, 3.63) is 59.7 Å². The fourth-order valence-electron chi connectivity index (χ4n) is 8.88. The first kappa shape index (κ1) is 41.7. The van der Waals surface area contributed by atoms with Gasteiger partial charge in [-0.05, 0) is 82.1 Å². The standard InChI is InChI=1S/C42H53F2N4O9P/c1-3-55-38-22-37(30-19-18-28(54-2)20-35(30)45-38)56-29-21-36-39(49)47-42(58(52,53)25-31-32(43)15-11-16-33(31)44)23-26(42)12-7-5-4-6-8-17-34(40(50)48(36)24-29)46-41(51)57-27-13-9-10-14-27/h11,15-16,18-20,22,26-27,29,34,36H,3-10,12-14,17,21,23-25H2,1-2H3,(H,46,51)(H,47,49)(H,52,53)/t26-,29?,34-,36-,42-/m0/s1. The fourth-order valence-corrected chi connectivity index (χ4v) is 11.4. The Morgan fingerprint density at radius 1 is 1.00 bits per heavy atom. The Balaban J connectivity index is 1.21. The van der Waals surface area contributed by atoms with Crippen LogP contribution >= 0.6 is 7.37 Å². The number of rotatable bonds is 10. The van der Waals surface area contributed by atoms with Crippen LogP contribution in [0.3, 0.4) is 0 Å². The first-order valence-corrected chi connectivity index (χ1v) is 22.4. The third-order valence-electron chi connectivity index (χ3n) is 12.1. The minimum atomic E-state index is -4.52. The van der Waals surface area contributed by atoms with Gasteiger partial charge in [-0.1, -0.05) is 38.2 Å². The van der Waals surface area contributed by atoms with Crippen LogP contribution in [-0.4, -0.2) is 82.5 Å². The van der Waals surface area contributed by atoms with Crippen LogP contribution in [0, 0.1) is 17.6 Å². The van der Waals surface area contributed by atoms with Gasteiger partial charge in [-0.3, -0.25) is 14.2 Å². The van der Waals surface area contributed by atoms with Crippen LogP contribution < -0.4 is 24.8 Å². The van der Waals surface area contributed by atoms with Gasteiger partial charge in [0.05, 0.1) is 31.9 Å². The second-order valence-corrected chi connectivity index (χ2v) is 18.5. The number of aromatic nitrogens is 1. The number of methoxy groups -OCH3 is 1. The molecular weight excluding hydrogens is 773 g/mol. The molecule has 0 spiro atoms. The maximum absolute atomic E-state index is 14.9. The summed E-state index contributed by atoms with van der Waals surface area (Å²) >= 11 is 0. The zero-order valence-electron chi connectivity index (χ0n) is 33.1. The zero-order valence-corrected chi connectivity index (χ0v) is 33.9. The van der Waals surface area contributed by atoms with Crippen molar-refractivity contribution in [1.29, 1.82) is 0 Å². The van der Waals surface area contributed by atoms with Crippen molar-refractivity contribution in [2.45, 2.75) is 126 Å². The predicted molar refractivity (Wildman–Crippen MR) is 211 cm³/mol. The van der Waals surface area contributed by atoms with Crippen LogP contribution in [0.15, 0.2) is 42.5 Å². The maximum atomic E-state index is 14.9. The summed E-state index contributed by atoms with van der Waals surface area (Å²) < 4.78 is 67.5. The maximum Gasteiger partial charge on any atom is 0.408 e. The van der Waals surface area contributed by atoms with E-state index in [1.165, 1.54) is 11.0 Å². The molecule has 58 heavy (non-hydrogen) atoms. The van der Waals surface area contributed by atoms with E-state index in [9.17, 15) is 32.6 Å². The van der Waals surface area contributed by atoms with E-state index in [0.717, 1.165) is 57.1 Å². The van der Waals surface area contributed by atoms with Crippen molar-refractivity contribution in [2.24, 2.45) is 5.92 Å². The van der Waals surface area contributed by atoms with Gasteiger partial charge in [-0.25, -0.2) is 18.6 Å². The highest BCUT2D eigenvalue weighted by atomic mass is 31.2. The average molecular weight is 827 g/mol. The van der Waals surface area contributed by atoms with Crippen LogP contribution in [0.5, 0.6) is 17.4 Å². The number of amides is 3. The number of pyridine rings is 1. The molecule has 0 radical (unpaired) electrons. The Labute approximate surface area is 337 Å². The molecule has 16 heteroatoms. The third kappa shape index (κ3) is 9.05. The number of hydrogen-bond donors (Lipinski definition) is 3. The number of nitrogens with zero attached hydrogens (tertiary/aromatic N) is 2. The van der Waals surface area contributed by atoms with E-state index < -0.39 is 78.0 Å². The molecule has 3 heterocycles. The lowest BCUT2D eigenvalue weighted by atomic mass is 10.0. The highest BCUT2D eigenvalue weighted by Gasteiger charge is 2.66. The molecule has 2 unspecified atom stereocenters. The minimum Gasteiger partial charge on any atom is -0.497 e. The molecule has 2 saturated heterocycles. The summed E-state index contributed by atoms with van der Waals surface area (Å²) in [7, 11) is -2.97. The molecule has 4 fully saturated rings. The SMILES string of the molecule is CCOc1cc(OC2C[C@H]3C(=O)N[C@]4(P(=O)(O)Cc5c(F)cccc5F)C[C@@H]4CCCCCCC[C@H](NC(=O)OC4CCCC4)C(=O)N3C2)c2ccc(OC)cc2n1. The van der Waals surface area contributed by atoms with Crippen LogP contribution in [0.25, 0.3) is 10.9 Å². The van der Waals surface area contributed by atoms with Gasteiger partial charge in [-0.15, -0.1) is 0 Å².